The predicted octanol–water partition coefficient (Wildman–Crippen LogP) is 3.88. The van der Waals surface area contributed by atoms with Crippen molar-refractivity contribution >= 4 is 11.6 Å². The molecule has 2 rings (SSSR count). The van der Waals surface area contributed by atoms with Gasteiger partial charge in [-0.1, -0.05) is 0 Å². The van der Waals surface area contributed by atoms with Crippen molar-refractivity contribution in [1.82, 2.24) is 9.97 Å². The molecule has 1 heterocycles. The zero-order valence-corrected chi connectivity index (χ0v) is 10.1. The zero-order chi connectivity index (χ0) is 14.0. The van der Waals surface area contributed by atoms with Crippen molar-refractivity contribution in [2.75, 3.05) is 0 Å². The maximum atomic E-state index is 13.2. The van der Waals surface area contributed by atoms with Crippen molar-refractivity contribution < 1.29 is 17.6 Å². The Morgan fingerprint density at radius 2 is 1.89 bits per heavy atom. The molecule has 0 aliphatic rings. The first-order chi connectivity index (χ1) is 8.84. The highest BCUT2D eigenvalue weighted by atomic mass is 35.5. The summed E-state index contributed by atoms with van der Waals surface area (Å²) in [5.74, 6) is -0.940. The Labute approximate surface area is 111 Å². The van der Waals surface area contributed by atoms with Gasteiger partial charge in [0.15, 0.2) is 0 Å². The number of rotatable bonds is 2. The molecule has 0 N–H and O–H groups in total. The third kappa shape index (κ3) is 3.64. The number of hydrogen-bond donors (Lipinski definition) is 0. The maximum Gasteiger partial charge on any atom is 0.416 e. The quantitative estimate of drug-likeness (QED) is 0.619. The van der Waals surface area contributed by atoms with Crippen molar-refractivity contribution in [1.29, 1.82) is 0 Å². The van der Waals surface area contributed by atoms with E-state index in [1.54, 1.807) is 0 Å². The number of hydrogen-bond acceptors (Lipinski definition) is 2. The Morgan fingerprint density at radius 3 is 2.53 bits per heavy atom. The molecule has 2 nitrogen and oxygen atoms in total. The van der Waals surface area contributed by atoms with Gasteiger partial charge in [-0.05, 0) is 41.4 Å². The molecule has 7 heteroatoms. The Hall–Kier alpha value is -1.69. The highest BCUT2D eigenvalue weighted by molar-refractivity contribution is 6.28. The molecule has 1 aromatic heterocycles. The molecule has 0 amide bonds. The largest absolute Gasteiger partial charge is 0.416 e. The average Bonchev–Trinajstić information content (AvgIpc) is 2.26. The van der Waals surface area contributed by atoms with Crippen molar-refractivity contribution in [3.8, 4) is 0 Å². The minimum Gasteiger partial charge on any atom is -0.227 e. The van der Waals surface area contributed by atoms with E-state index in [2.05, 4.69) is 9.97 Å². The lowest BCUT2D eigenvalue weighted by atomic mass is 10.1. The van der Waals surface area contributed by atoms with Crippen LogP contribution >= 0.6 is 11.6 Å². The summed E-state index contributed by atoms with van der Waals surface area (Å²) in [4.78, 5) is 7.50. The highest BCUT2D eigenvalue weighted by Crippen LogP contribution is 2.30. The second-order valence-electron chi connectivity index (χ2n) is 3.84. The Balaban J connectivity index is 2.33. The molecule has 0 radical (unpaired) electrons. The summed E-state index contributed by atoms with van der Waals surface area (Å²) in [6.45, 7) is 0. The van der Waals surface area contributed by atoms with Gasteiger partial charge in [0.1, 0.15) is 5.82 Å². The van der Waals surface area contributed by atoms with Crippen LogP contribution in [0.15, 0.2) is 30.5 Å². The fourth-order valence-corrected chi connectivity index (χ4v) is 1.76. The first-order valence-corrected chi connectivity index (χ1v) is 5.56. The minimum absolute atomic E-state index is 0.00931. The molecule has 0 spiro atoms. The topological polar surface area (TPSA) is 25.8 Å². The van der Waals surface area contributed by atoms with E-state index in [0.29, 0.717) is 11.8 Å². The van der Waals surface area contributed by atoms with E-state index >= 15 is 0 Å². The molecule has 1 aromatic carbocycles. The lowest BCUT2D eigenvalue weighted by molar-refractivity contribution is -0.137. The van der Waals surface area contributed by atoms with E-state index in [0.717, 1.165) is 12.1 Å². The van der Waals surface area contributed by atoms with Gasteiger partial charge in [0, 0.05) is 18.3 Å². The maximum absolute atomic E-state index is 13.2. The van der Waals surface area contributed by atoms with Crippen molar-refractivity contribution in [2.45, 2.75) is 12.6 Å². The van der Waals surface area contributed by atoms with Gasteiger partial charge < -0.3 is 0 Å². The molecule has 100 valence electrons. The summed E-state index contributed by atoms with van der Waals surface area (Å²) in [6, 6.07) is 3.88. The first-order valence-electron chi connectivity index (χ1n) is 5.19. The standard InChI is InChI=1S/C12H7ClF4N2/c13-11-18-2-1-10(19-11)5-7-3-8(12(15,16)17)6-9(14)4-7/h1-4,6H,5H2. The molecule has 2 aromatic rings. The fraction of sp³-hybridized carbons (Fsp3) is 0.167. The lowest BCUT2D eigenvalue weighted by Crippen LogP contribution is -2.07. The van der Waals surface area contributed by atoms with Crippen LogP contribution in [0.25, 0.3) is 0 Å². The Morgan fingerprint density at radius 1 is 1.16 bits per heavy atom. The molecule has 0 aliphatic carbocycles. The molecule has 0 saturated carbocycles. The normalized spacial score (nSPS) is 11.6. The van der Waals surface area contributed by atoms with Crippen LogP contribution in [-0.4, -0.2) is 9.97 Å². The summed E-state index contributed by atoms with van der Waals surface area (Å²) >= 11 is 5.57. The average molecular weight is 291 g/mol. The van der Waals surface area contributed by atoms with Crippen LogP contribution in [0.1, 0.15) is 16.8 Å². The molecular weight excluding hydrogens is 284 g/mol. The zero-order valence-electron chi connectivity index (χ0n) is 9.38. The summed E-state index contributed by atoms with van der Waals surface area (Å²) in [5.41, 5.74) is -0.441. The molecular formula is C12H7ClF4N2. The van der Waals surface area contributed by atoms with Gasteiger partial charge in [0.2, 0.25) is 5.28 Å². The summed E-state index contributed by atoms with van der Waals surface area (Å²) in [7, 11) is 0. The van der Waals surface area contributed by atoms with Crippen LogP contribution in [-0.2, 0) is 12.6 Å². The van der Waals surface area contributed by atoms with Crippen LogP contribution in [0.2, 0.25) is 5.28 Å². The van der Waals surface area contributed by atoms with Crippen LogP contribution in [0.5, 0.6) is 0 Å². The lowest BCUT2D eigenvalue weighted by Gasteiger charge is -2.09. The number of benzene rings is 1. The monoisotopic (exact) mass is 290 g/mol. The Bertz CT molecular complexity index is 599. The van der Waals surface area contributed by atoms with E-state index in [4.69, 9.17) is 11.6 Å². The van der Waals surface area contributed by atoms with Gasteiger partial charge in [0.25, 0.3) is 0 Å². The number of aromatic nitrogens is 2. The fourth-order valence-electron chi connectivity index (χ4n) is 1.59. The van der Waals surface area contributed by atoms with Crippen molar-refractivity contribution in [3.63, 3.8) is 0 Å². The SMILES string of the molecule is Fc1cc(Cc2ccnc(Cl)n2)cc(C(F)(F)F)c1. The van der Waals surface area contributed by atoms with E-state index in [1.807, 2.05) is 0 Å². The van der Waals surface area contributed by atoms with Gasteiger partial charge in [0.05, 0.1) is 5.56 Å². The molecule has 0 saturated heterocycles. The molecule has 0 atom stereocenters. The predicted molar refractivity (Wildman–Crippen MR) is 61.3 cm³/mol. The van der Waals surface area contributed by atoms with Gasteiger partial charge in [-0.2, -0.15) is 13.2 Å². The van der Waals surface area contributed by atoms with E-state index in [-0.39, 0.29) is 17.3 Å². The van der Waals surface area contributed by atoms with E-state index < -0.39 is 17.6 Å². The van der Waals surface area contributed by atoms with Crippen LogP contribution in [0.3, 0.4) is 0 Å². The van der Waals surface area contributed by atoms with E-state index in [1.165, 1.54) is 12.3 Å². The Kier molecular flexibility index (Phi) is 3.71. The van der Waals surface area contributed by atoms with E-state index in [9.17, 15) is 17.6 Å². The minimum atomic E-state index is -4.58. The third-order valence-corrected chi connectivity index (χ3v) is 2.54. The smallest absolute Gasteiger partial charge is 0.227 e. The van der Waals surface area contributed by atoms with Crippen LogP contribution in [0.4, 0.5) is 17.6 Å². The summed E-state index contributed by atoms with van der Waals surface area (Å²) in [6.07, 6.45) is -3.15. The van der Waals surface area contributed by atoms with Crippen LogP contribution in [0, 0.1) is 5.82 Å². The number of alkyl halides is 3. The molecule has 19 heavy (non-hydrogen) atoms. The van der Waals surface area contributed by atoms with Crippen molar-refractivity contribution in [3.05, 3.63) is 58.4 Å². The third-order valence-electron chi connectivity index (χ3n) is 2.35. The van der Waals surface area contributed by atoms with Crippen LogP contribution < -0.4 is 0 Å². The first kappa shape index (κ1) is 13.7. The van der Waals surface area contributed by atoms with Gasteiger partial charge in [-0.25, -0.2) is 14.4 Å². The molecule has 0 fully saturated rings. The second-order valence-corrected chi connectivity index (χ2v) is 4.18. The van der Waals surface area contributed by atoms with Gasteiger partial charge in [-0.3, -0.25) is 0 Å². The van der Waals surface area contributed by atoms with Gasteiger partial charge in [-0.15, -0.1) is 0 Å². The van der Waals surface area contributed by atoms with Crippen molar-refractivity contribution in [2.24, 2.45) is 0 Å². The number of halogens is 5. The molecule has 0 aliphatic heterocycles. The van der Waals surface area contributed by atoms with Gasteiger partial charge >= 0.3 is 6.18 Å². The summed E-state index contributed by atoms with van der Waals surface area (Å²) in [5, 5.41) is -0.00931. The molecule has 0 bridgehead atoms. The molecule has 0 unspecified atom stereocenters. The number of nitrogens with zero attached hydrogens (tertiary/aromatic N) is 2. The second kappa shape index (κ2) is 5.13. The highest BCUT2D eigenvalue weighted by Gasteiger charge is 2.31. The summed E-state index contributed by atoms with van der Waals surface area (Å²) < 4.78 is 50.8.